The highest BCUT2D eigenvalue weighted by molar-refractivity contribution is 7.19. The van der Waals surface area contributed by atoms with Crippen molar-refractivity contribution >= 4 is 27.3 Å². The van der Waals surface area contributed by atoms with E-state index in [1.165, 1.54) is 38.9 Å². The number of fused-ring (bicyclic) bond motifs is 6. The summed E-state index contributed by atoms with van der Waals surface area (Å²) in [6, 6.07) is 19.4. The van der Waals surface area contributed by atoms with Crippen molar-refractivity contribution in [1.29, 1.82) is 0 Å². The maximum atomic E-state index is 12.3. The van der Waals surface area contributed by atoms with Crippen LogP contribution >= 0.6 is 11.3 Å². The molecule has 4 nitrogen and oxygen atoms in total. The third-order valence-electron chi connectivity index (χ3n) is 10.3. The molecule has 2 saturated carbocycles. The molecule has 3 aromatic rings. The lowest BCUT2D eigenvalue weighted by atomic mass is 9.70. The van der Waals surface area contributed by atoms with Gasteiger partial charge in [-0.1, -0.05) is 76.2 Å². The second-order valence-electron chi connectivity index (χ2n) is 12.4. The van der Waals surface area contributed by atoms with Gasteiger partial charge in [0.25, 0.3) is 0 Å². The van der Waals surface area contributed by atoms with Crippen molar-refractivity contribution in [2.24, 2.45) is 22.7 Å². The monoisotopic (exact) mass is 531 g/mol. The first-order valence-electron chi connectivity index (χ1n) is 14.4. The van der Waals surface area contributed by atoms with Gasteiger partial charge in [0.15, 0.2) is 6.29 Å². The average molecular weight is 532 g/mol. The number of hydrogen-bond acceptors (Lipinski definition) is 4. The summed E-state index contributed by atoms with van der Waals surface area (Å²) in [5, 5.41) is 4.44. The molecule has 1 aromatic heterocycles. The van der Waals surface area contributed by atoms with Crippen LogP contribution in [0.25, 0.3) is 10.1 Å². The molecule has 6 rings (SSSR count). The zero-order valence-corrected chi connectivity index (χ0v) is 24.0. The lowest BCUT2D eigenvalue weighted by Gasteiger charge is -2.39. The second-order valence-corrected chi connectivity index (χ2v) is 13.5. The van der Waals surface area contributed by atoms with Crippen LogP contribution in [0.3, 0.4) is 0 Å². The average Bonchev–Trinajstić information content (AvgIpc) is 3.61. The van der Waals surface area contributed by atoms with E-state index in [0.29, 0.717) is 30.2 Å². The first kappa shape index (κ1) is 26.0. The van der Waals surface area contributed by atoms with Gasteiger partial charge in [0, 0.05) is 29.0 Å². The van der Waals surface area contributed by atoms with Gasteiger partial charge >= 0.3 is 0 Å². The van der Waals surface area contributed by atoms with Crippen molar-refractivity contribution in [1.82, 2.24) is 5.32 Å². The number of ether oxygens (including phenoxy) is 2. The Bertz CT molecular complexity index is 1300. The van der Waals surface area contributed by atoms with Gasteiger partial charge in [-0.25, -0.2) is 0 Å². The molecule has 1 saturated heterocycles. The third-order valence-corrected chi connectivity index (χ3v) is 11.6. The van der Waals surface area contributed by atoms with E-state index in [2.05, 4.69) is 80.7 Å². The summed E-state index contributed by atoms with van der Waals surface area (Å²) in [6.45, 7) is 9.70. The number of rotatable bonds is 9. The van der Waals surface area contributed by atoms with Gasteiger partial charge in [0.2, 0.25) is 5.91 Å². The Morgan fingerprint density at radius 3 is 2.63 bits per heavy atom. The molecule has 3 fully saturated rings. The van der Waals surface area contributed by atoms with Crippen LogP contribution in [-0.4, -0.2) is 24.8 Å². The van der Waals surface area contributed by atoms with Crippen LogP contribution in [0.4, 0.5) is 0 Å². The van der Waals surface area contributed by atoms with E-state index in [1.54, 1.807) is 0 Å². The largest absolute Gasteiger partial charge is 0.353 e. The Morgan fingerprint density at radius 1 is 1.11 bits per heavy atom. The van der Waals surface area contributed by atoms with E-state index >= 15 is 0 Å². The molecule has 0 radical (unpaired) electrons. The molecule has 202 valence electrons. The van der Waals surface area contributed by atoms with Crippen molar-refractivity contribution in [2.75, 3.05) is 6.54 Å². The predicted molar refractivity (Wildman–Crippen MR) is 154 cm³/mol. The van der Waals surface area contributed by atoms with Crippen LogP contribution in [0.2, 0.25) is 0 Å². The van der Waals surface area contributed by atoms with Crippen molar-refractivity contribution in [3.63, 3.8) is 0 Å². The van der Waals surface area contributed by atoms with Gasteiger partial charge in [-0.05, 0) is 70.9 Å². The Kier molecular flexibility index (Phi) is 6.90. The molecule has 1 amide bonds. The molecular formula is C33H41NO3S. The number of benzene rings is 2. The lowest BCUT2D eigenvalue weighted by Crippen LogP contribution is -2.38. The quantitative estimate of drug-likeness (QED) is 0.312. The molecule has 2 bridgehead atoms. The molecule has 0 unspecified atom stereocenters. The van der Waals surface area contributed by atoms with Crippen LogP contribution < -0.4 is 5.32 Å². The molecule has 6 atom stereocenters. The number of amides is 1. The number of carbonyl (C=O) groups is 1. The van der Waals surface area contributed by atoms with Crippen LogP contribution in [0.15, 0.2) is 54.6 Å². The van der Waals surface area contributed by atoms with Gasteiger partial charge in [-0.15, -0.1) is 11.3 Å². The minimum atomic E-state index is -0.226. The van der Waals surface area contributed by atoms with Crippen LogP contribution in [0.5, 0.6) is 0 Å². The SMILES string of the molecule is CCC(=O)NC[C@H](O[C@@H]1C[C@H]2[C@H]3CC[C@@](C)([C@H]2O1)C3(C)C)c1sc2ccccc2c1CCc1ccccc1. The lowest BCUT2D eigenvalue weighted by molar-refractivity contribution is -0.186. The van der Waals surface area contributed by atoms with Crippen molar-refractivity contribution < 1.29 is 14.3 Å². The Labute approximate surface area is 231 Å². The summed E-state index contributed by atoms with van der Waals surface area (Å²) in [5.41, 5.74) is 3.21. The van der Waals surface area contributed by atoms with E-state index in [0.717, 1.165) is 19.3 Å². The Morgan fingerprint density at radius 2 is 1.87 bits per heavy atom. The molecule has 1 aliphatic heterocycles. The van der Waals surface area contributed by atoms with E-state index in [-0.39, 0.29) is 29.8 Å². The van der Waals surface area contributed by atoms with Crippen LogP contribution in [0.1, 0.15) is 75.5 Å². The number of hydrogen-bond donors (Lipinski definition) is 1. The van der Waals surface area contributed by atoms with Crippen molar-refractivity contribution in [2.45, 2.75) is 84.7 Å². The third kappa shape index (κ3) is 4.31. The molecular weight excluding hydrogens is 490 g/mol. The standard InChI is InChI=1S/C33H41NO3S/c1-5-28(35)34-20-26(36-29-19-24-25-17-18-33(4,31(24)37-29)32(25,2)3)30-23(16-15-21-11-7-6-8-12-21)22-13-9-10-14-27(22)38-30/h6-14,24-26,29,31H,5,15-20H2,1-4H3,(H,34,35)/t24-,25+,26-,29-,31-,33-/m0/s1. The topological polar surface area (TPSA) is 47.6 Å². The maximum absolute atomic E-state index is 12.3. The Balaban J connectivity index is 1.28. The number of nitrogens with one attached hydrogen (secondary N) is 1. The van der Waals surface area contributed by atoms with Crippen LogP contribution in [0, 0.1) is 22.7 Å². The van der Waals surface area contributed by atoms with Gasteiger partial charge < -0.3 is 14.8 Å². The Hall–Kier alpha value is -2.21. The van der Waals surface area contributed by atoms with Gasteiger partial charge in [0.05, 0.1) is 6.10 Å². The minimum absolute atomic E-state index is 0.0575. The summed E-state index contributed by atoms with van der Waals surface area (Å²) >= 11 is 1.81. The summed E-state index contributed by atoms with van der Waals surface area (Å²) in [4.78, 5) is 13.6. The van der Waals surface area contributed by atoms with Gasteiger partial charge in [-0.2, -0.15) is 0 Å². The fourth-order valence-corrected chi connectivity index (χ4v) is 9.13. The molecule has 2 aliphatic carbocycles. The molecule has 1 N–H and O–H groups in total. The smallest absolute Gasteiger partial charge is 0.219 e. The number of aryl methyl sites for hydroxylation is 2. The normalized spacial score (nSPS) is 30.0. The molecule has 2 heterocycles. The highest BCUT2D eigenvalue weighted by atomic mass is 32.1. The van der Waals surface area contributed by atoms with E-state index in [4.69, 9.17) is 9.47 Å². The first-order valence-corrected chi connectivity index (χ1v) is 15.3. The summed E-state index contributed by atoms with van der Waals surface area (Å²) in [5.74, 6) is 1.33. The second kappa shape index (κ2) is 10.1. The molecule has 0 spiro atoms. The minimum Gasteiger partial charge on any atom is -0.353 e. The summed E-state index contributed by atoms with van der Waals surface area (Å²) in [6.07, 6.45) is 5.71. The van der Waals surface area contributed by atoms with Crippen molar-refractivity contribution in [3.8, 4) is 0 Å². The highest BCUT2D eigenvalue weighted by Gasteiger charge is 2.69. The highest BCUT2D eigenvalue weighted by Crippen LogP contribution is 2.71. The van der Waals surface area contributed by atoms with E-state index in [9.17, 15) is 4.79 Å². The predicted octanol–water partition coefficient (Wildman–Crippen LogP) is 7.46. The molecule has 5 heteroatoms. The van der Waals surface area contributed by atoms with E-state index < -0.39 is 0 Å². The van der Waals surface area contributed by atoms with Crippen LogP contribution in [-0.2, 0) is 27.1 Å². The van der Waals surface area contributed by atoms with E-state index in [1.807, 2.05) is 18.3 Å². The summed E-state index contributed by atoms with van der Waals surface area (Å²) < 4.78 is 14.9. The molecule has 38 heavy (non-hydrogen) atoms. The maximum Gasteiger partial charge on any atom is 0.219 e. The zero-order valence-electron chi connectivity index (χ0n) is 23.2. The van der Waals surface area contributed by atoms with Gasteiger partial charge in [0.1, 0.15) is 6.10 Å². The zero-order chi connectivity index (χ0) is 26.5. The fourth-order valence-electron chi connectivity index (χ4n) is 7.84. The summed E-state index contributed by atoms with van der Waals surface area (Å²) in [7, 11) is 0. The number of carbonyl (C=O) groups excluding carboxylic acids is 1. The first-order chi connectivity index (χ1) is 18.3. The molecule has 2 aromatic carbocycles. The molecule has 3 aliphatic rings. The van der Waals surface area contributed by atoms with Crippen molar-refractivity contribution in [3.05, 3.63) is 70.6 Å². The number of thiophene rings is 1. The fraction of sp³-hybridized carbons (Fsp3) is 0.545. The van der Waals surface area contributed by atoms with Gasteiger partial charge in [-0.3, -0.25) is 4.79 Å².